The molecule has 0 unspecified atom stereocenters. The molecule has 0 atom stereocenters. The summed E-state index contributed by atoms with van der Waals surface area (Å²) in [5, 5.41) is 11.6. The quantitative estimate of drug-likeness (QED) is 0.423. The summed E-state index contributed by atoms with van der Waals surface area (Å²) in [5.41, 5.74) is 1.75. The fourth-order valence-corrected chi connectivity index (χ4v) is 4.88. The molecule has 0 radical (unpaired) electrons. The number of carbonyl (C=O) groups excluding carboxylic acids is 1. The number of hydrogen-bond donors (Lipinski definition) is 0. The Balaban J connectivity index is 1.54. The van der Waals surface area contributed by atoms with Crippen LogP contribution < -0.4 is 0 Å². The minimum absolute atomic E-state index is 0.0660. The standard InChI is InChI=1S/C21H22N4O2S2/c1-2-9-25-19(18-8-5-14-28-18)22-23-21(25)29-15-16-6-3-4-7-17(16)20(26)24-10-12-27-13-11-24/h2-8,14H,1,9-13,15H2. The Morgan fingerprint density at radius 2 is 2.03 bits per heavy atom. The highest BCUT2D eigenvalue weighted by atomic mass is 32.2. The lowest BCUT2D eigenvalue weighted by atomic mass is 10.1. The fourth-order valence-electron chi connectivity index (χ4n) is 3.21. The van der Waals surface area contributed by atoms with Crippen LogP contribution in [0.15, 0.2) is 59.6 Å². The molecule has 1 saturated heterocycles. The number of hydrogen-bond acceptors (Lipinski definition) is 6. The predicted molar refractivity (Wildman–Crippen MR) is 116 cm³/mol. The molecule has 1 aromatic carbocycles. The highest BCUT2D eigenvalue weighted by Crippen LogP contribution is 2.29. The van der Waals surface area contributed by atoms with Crippen LogP contribution in [-0.4, -0.2) is 51.9 Å². The molecule has 29 heavy (non-hydrogen) atoms. The Morgan fingerprint density at radius 1 is 1.21 bits per heavy atom. The lowest BCUT2D eigenvalue weighted by Crippen LogP contribution is -2.41. The third-order valence-electron chi connectivity index (χ3n) is 4.67. The Morgan fingerprint density at radius 3 is 2.79 bits per heavy atom. The van der Waals surface area contributed by atoms with Gasteiger partial charge in [0.05, 0.1) is 18.1 Å². The molecule has 1 aliphatic heterocycles. The molecule has 1 fully saturated rings. The number of rotatable bonds is 7. The Hall–Kier alpha value is -2.42. The molecule has 2 aromatic heterocycles. The van der Waals surface area contributed by atoms with Crippen molar-refractivity contribution >= 4 is 29.0 Å². The second kappa shape index (κ2) is 9.39. The number of amides is 1. The maximum absolute atomic E-state index is 13.0. The van der Waals surface area contributed by atoms with Crippen molar-refractivity contribution in [2.75, 3.05) is 26.3 Å². The number of benzene rings is 1. The minimum Gasteiger partial charge on any atom is -0.378 e. The maximum Gasteiger partial charge on any atom is 0.254 e. The van der Waals surface area contributed by atoms with Gasteiger partial charge >= 0.3 is 0 Å². The van der Waals surface area contributed by atoms with Crippen LogP contribution in [0.5, 0.6) is 0 Å². The van der Waals surface area contributed by atoms with Crippen LogP contribution in [-0.2, 0) is 17.0 Å². The fraction of sp³-hybridized carbons (Fsp3) is 0.286. The molecule has 150 valence electrons. The molecule has 0 N–H and O–H groups in total. The van der Waals surface area contributed by atoms with E-state index < -0.39 is 0 Å². The van der Waals surface area contributed by atoms with Crippen LogP contribution in [0.3, 0.4) is 0 Å². The van der Waals surface area contributed by atoms with Gasteiger partial charge in [0, 0.05) is 31.0 Å². The van der Waals surface area contributed by atoms with E-state index in [1.54, 1.807) is 23.1 Å². The van der Waals surface area contributed by atoms with Gasteiger partial charge < -0.3 is 9.64 Å². The first-order valence-corrected chi connectivity index (χ1v) is 11.3. The van der Waals surface area contributed by atoms with Crippen molar-refractivity contribution in [3.63, 3.8) is 0 Å². The first-order valence-electron chi connectivity index (χ1n) is 9.43. The molecule has 3 aromatic rings. The van der Waals surface area contributed by atoms with Crippen molar-refractivity contribution in [1.29, 1.82) is 0 Å². The first kappa shape index (κ1) is 19.9. The summed E-state index contributed by atoms with van der Waals surface area (Å²) in [6.07, 6.45) is 1.85. The SMILES string of the molecule is C=CCn1c(SCc2ccccc2C(=O)N2CCOCC2)nnc1-c1cccs1. The molecule has 0 bridgehead atoms. The third-order valence-corrected chi connectivity index (χ3v) is 6.55. The van der Waals surface area contributed by atoms with E-state index in [-0.39, 0.29) is 5.91 Å². The monoisotopic (exact) mass is 426 g/mol. The van der Waals surface area contributed by atoms with Crippen LogP contribution in [0.1, 0.15) is 15.9 Å². The van der Waals surface area contributed by atoms with Crippen LogP contribution >= 0.6 is 23.1 Å². The number of nitrogens with zero attached hydrogens (tertiary/aromatic N) is 4. The molecule has 8 heteroatoms. The van der Waals surface area contributed by atoms with E-state index in [1.807, 2.05) is 52.8 Å². The van der Waals surface area contributed by atoms with Crippen molar-refractivity contribution in [3.05, 3.63) is 65.6 Å². The molecule has 0 aliphatic carbocycles. The number of allylic oxidation sites excluding steroid dienone is 1. The molecule has 1 amide bonds. The first-order chi connectivity index (χ1) is 14.3. The molecule has 1 aliphatic rings. The summed E-state index contributed by atoms with van der Waals surface area (Å²) in [6.45, 7) is 6.97. The van der Waals surface area contributed by atoms with Crippen molar-refractivity contribution in [1.82, 2.24) is 19.7 Å². The van der Waals surface area contributed by atoms with Crippen molar-refractivity contribution in [3.8, 4) is 10.7 Å². The van der Waals surface area contributed by atoms with Crippen molar-refractivity contribution in [2.45, 2.75) is 17.5 Å². The van der Waals surface area contributed by atoms with Crippen LogP contribution in [0.4, 0.5) is 0 Å². The average molecular weight is 427 g/mol. The van der Waals surface area contributed by atoms with Gasteiger partial charge in [-0.1, -0.05) is 42.1 Å². The van der Waals surface area contributed by atoms with Gasteiger partial charge in [-0.2, -0.15) is 0 Å². The number of aromatic nitrogens is 3. The van der Waals surface area contributed by atoms with Gasteiger partial charge in [0.25, 0.3) is 5.91 Å². The van der Waals surface area contributed by atoms with E-state index in [9.17, 15) is 4.79 Å². The normalized spacial score (nSPS) is 14.1. The Kier molecular flexibility index (Phi) is 6.43. The molecule has 3 heterocycles. The molecular weight excluding hydrogens is 404 g/mol. The zero-order valence-electron chi connectivity index (χ0n) is 16.0. The zero-order chi connectivity index (χ0) is 20.1. The van der Waals surface area contributed by atoms with E-state index in [0.717, 1.165) is 27.0 Å². The summed E-state index contributed by atoms with van der Waals surface area (Å²) in [7, 11) is 0. The Bertz CT molecular complexity index is 978. The van der Waals surface area contributed by atoms with Crippen molar-refractivity contribution in [2.24, 2.45) is 0 Å². The largest absolute Gasteiger partial charge is 0.378 e. The summed E-state index contributed by atoms with van der Waals surface area (Å²) < 4.78 is 7.43. The van der Waals surface area contributed by atoms with Gasteiger partial charge in [0.2, 0.25) is 0 Å². The zero-order valence-corrected chi connectivity index (χ0v) is 17.6. The second-order valence-electron chi connectivity index (χ2n) is 6.53. The predicted octanol–water partition coefficient (Wildman–Crippen LogP) is 3.96. The third kappa shape index (κ3) is 4.44. The van der Waals surface area contributed by atoms with E-state index in [4.69, 9.17) is 4.74 Å². The number of ether oxygens (including phenoxy) is 1. The maximum atomic E-state index is 13.0. The second-order valence-corrected chi connectivity index (χ2v) is 8.42. The van der Waals surface area contributed by atoms with E-state index >= 15 is 0 Å². The van der Waals surface area contributed by atoms with Crippen LogP contribution in [0.25, 0.3) is 10.7 Å². The smallest absolute Gasteiger partial charge is 0.254 e. The summed E-state index contributed by atoms with van der Waals surface area (Å²) in [5.74, 6) is 1.56. The van der Waals surface area contributed by atoms with Gasteiger partial charge in [-0.25, -0.2) is 0 Å². The number of morpholine rings is 1. The summed E-state index contributed by atoms with van der Waals surface area (Å²) in [6, 6.07) is 11.8. The van der Waals surface area contributed by atoms with Gasteiger partial charge in [0.15, 0.2) is 11.0 Å². The van der Waals surface area contributed by atoms with Gasteiger partial charge in [0.1, 0.15) is 0 Å². The minimum atomic E-state index is 0.0660. The molecule has 6 nitrogen and oxygen atoms in total. The number of thiophene rings is 1. The number of thioether (sulfide) groups is 1. The Labute approximate surface area is 178 Å². The van der Waals surface area contributed by atoms with Crippen molar-refractivity contribution < 1.29 is 9.53 Å². The summed E-state index contributed by atoms with van der Waals surface area (Å²) in [4.78, 5) is 15.9. The molecule has 4 rings (SSSR count). The molecule has 0 spiro atoms. The van der Waals surface area contributed by atoms with Gasteiger partial charge in [-0.3, -0.25) is 9.36 Å². The number of carbonyl (C=O) groups is 1. The van der Waals surface area contributed by atoms with Gasteiger partial charge in [-0.15, -0.1) is 28.1 Å². The lowest BCUT2D eigenvalue weighted by Gasteiger charge is -2.27. The van der Waals surface area contributed by atoms with Gasteiger partial charge in [-0.05, 0) is 23.1 Å². The summed E-state index contributed by atoms with van der Waals surface area (Å²) >= 11 is 3.23. The highest BCUT2D eigenvalue weighted by molar-refractivity contribution is 7.98. The lowest BCUT2D eigenvalue weighted by molar-refractivity contribution is 0.0302. The van der Waals surface area contributed by atoms with E-state index in [1.165, 1.54) is 0 Å². The molecule has 0 saturated carbocycles. The van der Waals surface area contributed by atoms with Crippen LogP contribution in [0.2, 0.25) is 0 Å². The average Bonchev–Trinajstić information content (AvgIpc) is 3.43. The topological polar surface area (TPSA) is 60.2 Å². The highest BCUT2D eigenvalue weighted by Gasteiger charge is 2.21. The van der Waals surface area contributed by atoms with Crippen LogP contribution in [0, 0.1) is 0 Å². The molecular formula is C21H22N4O2S2. The van der Waals surface area contributed by atoms with E-state index in [2.05, 4.69) is 21.3 Å². The van der Waals surface area contributed by atoms with E-state index in [0.29, 0.717) is 38.6 Å².